The van der Waals surface area contributed by atoms with Gasteiger partial charge >= 0.3 is 0 Å². The first kappa shape index (κ1) is 15.9. The normalized spacial score (nSPS) is 14.2. The molecule has 1 aromatic heterocycles. The highest BCUT2D eigenvalue weighted by Gasteiger charge is 2.37. The highest BCUT2D eigenvalue weighted by molar-refractivity contribution is 6.74. The lowest BCUT2D eigenvalue weighted by atomic mass is 10.2. The predicted molar refractivity (Wildman–Crippen MR) is 83.1 cm³/mol. The van der Waals surface area contributed by atoms with Crippen LogP contribution in [-0.4, -0.2) is 19.5 Å². The molecule has 0 radical (unpaired) electrons. The molecule has 1 atom stereocenters. The smallest absolute Gasteiger partial charge is 0.251 e. The summed E-state index contributed by atoms with van der Waals surface area (Å²) >= 11 is 0. The first-order chi connectivity index (χ1) is 8.69. The van der Waals surface area contributed by atoms with E-state index in [-0.39, 0.29) is 16.6 Å². The Hall–Kier alpha value is -1.13. The summed E-state index contributed by atoms with van der Waals surface area (Å²) in [6.07, 6.45) is 3.55. The van der Waals surface area contributed by atoms with Crippen molar-refractivity contribution in [2.24, 2.45) is 0 Å². The van der Waals surface area contributed by atoms with Crippen LogP contribution in [0.15, 0.2) is 41.8 Å². The van der Waals surface area contributed by atoms with Gasteiger partial charge in [-0.2, -0.15) is 0 Å². The standard InChI is InChI=1S/C15H25NO2Si/c1-7-13(16-11-9-8-10-14(16)17)12-18-19(5,6)15(2,3)4/h7-11,13H,1,12H2,2-6H3/t13-/m0/s1. The highest BCUT2D eigenvalue weighted by Crippen LogP contribution is 2.36. The molecule has 0 aromatic carbocycles. The maximum absolute atomic E-state index is 11.8. The molecule has 0 aliphatic rings. The molecule has 0 amide bonds. The predicted octanol–water partition coefficient (Wildman–Crippen LogP) is 3.60. The van der Waals surface area contributed by atoms with Crippen LogP contribution in [0.4, 0.5) is 0 Å². The van der Waals surface area contributed by atoms with Crippen molar-refractivity contribution in [1.29, 1.82) is 0 Å². The van der Waals surface area contributed by atoms with E-state index in [2.05, 4.69) is 40.4 Å². The Bertz CT molecular complexity index is 485. The Morgan fingerprint density at radius 1 is 1.42 bits per heavy atom. The maximum atomic E-state index is 11.8. The van der Waals surface area contributed by atoms with Gasteiger partial charge in [0.2, 0.25) is 0 Å². The van der Waals surface area contributed by atoms with Crippen molar-refractivity contribution in [3.8, 4) is 0 Å². The van der Waals surface area contributed by atoms with Gasteiger partial charge in [0.1, 0.15) is 0 Å². The summed E-state index contributed by atoms with van der Waals surface area (Å²) in [5.41, 5.74) is -0.0220. The molecule has 4 heteroatoms. The lowest BCUT2D eigenvalue weighted by Gasteiger charge is -2.37. The molecule has 0 fully saturated rings. The lowest BCUT2D eigenvalue weighted by molar-refractivity contribution is 0.250. The van der Waals surface area contributed by atoms with Crippen molar-refractivity contribution in [1.82, 2.24) is 4.57 Å². The van der Waals surface area contributed by atoms with Gasteiger partial charge in [0.05, 0.1) is 12.6 Å². The molecule has 3 nitrogen and oxygen atoms in total. The molecule has 0 bridgehead atoms. The average molecular weight is 279 g/mol. The van der Waals surface area contributed by atoms with Crippen LogP contribution in [-0.2, 0) is 4.43 Å². The number of hydrogen-bond donors (Lipinski definition) is 0. The first-order valence-corrected chi connectivity index (χ1v) is 9.53. The number of pyridine rings is 1. The molecule has 0 spiro atoms. The second-order valence-corrected chi connectivity index (χ2v) is 11.1. The maximum Gasteiger partial charge on any atom is 0.251 e. The van der Waals surface area contributed by atoms with Gasteiger partial charge in [0, 0.05) is 12.3 Å². The zero-order chi connectivity index (χ0) is 14.7. The molecule has 1 rings (SSSR count). The van der Waals surface area contributed by atoms with Gasteiger partial charge < -0.3 is 8.99 Å². The van der Waals surface area contributed by atoms with E-state index in [1.54, 1.807) is 29.0 Å². The van der Waals surface area contributed by atoms with Gasteiger partial charge in [-0.1, -0.05) is 32.9 Å². The number of hydrogen-bond acceptors (Lipinski definition) is 2. The number of aromatic nitrogens is 1. The molecular weight excluding hydrogens is 254 g/mol. The van der Waals surface area contributed by atoms with Crippen LogP contribution in [0.5, 0.6) is 0 Å². The monoisotopic (exact) mass is 279 g/mol. The molecule has 0 N–H and O–H groups in total. The molecule has 0 saturated carbocycles. The first-order valence-electron chi connectivity index (χ1n) is 6.63. The van der Waals surface area contributed by atoms with E-state index in [1.165, 1.54) is 0 Å². The van der Waals surface area contributed by atoms with Gasteiger partial charge in [-0.3, -0.25) is 4.79 Å². The van der Waals surface area contributed by atoms with Crippen molar-refractivity contribution < 1.29 is 4.43 Å². The fourth-order valence-corrected chi connectivity index (χ4v) is 2.51. The number of nitrogens with zero attached hydrogens (tertiary/aromatic N) is 1. The second-order valence-electron chi connectivity index (χ2n) is 6.32. The zero-order valence-electron chi connectivity index (χ0n) is 12.6. The summed E-state index contributed by atoms with van der Waals surface area (Å²) in [6.45, 7) is 15.4. The van der Waals surface area contributed by atoms with Crippen molar-refractivity contribution in [3.63, 3.8) is 0 Å². The van der Waals surface area contributed by atoms with Gasteiger partial charge in [-0.25, -0.2) is 0 Å². The van der Waals surface area contributed by atoms with Gasteiger partial charge in [0.25, 0.3) is 5.56 Å². The molecule has 0 aliphatic carbocycles. The SMILES string of the molecule is C=C[C@@H](CO[Si](C)(C)C(C)(C)C)n1ccccc1=O. The fourth-order valence-electron chi connectivity index (χ4n) is 1.49. The average Bonchev–Trinajstić information content (AvgIpc) is 2.30. The van der Waals surface area contributed by atoms with E-state index >= 15 is 0 Å². The Balaban J connectivity index is 2.83. The second kappa shape index (κ2) is 5.88. The van der Waals surface area contributed by atoms with Crippen LogP contribution in [0.1, 0.15) is 26.8 Å². The molecule has 106 valence electrons. The van der Waals surface area contributed by atoms with Crippen LogP contribution < -0.4 is 5.56 Å². The van der Waals surface area contributed by atoms with Crippen molar-refractivity contribution in [3.05, 3.63) is 47.4 Å². The largest absolute Gasteiger partial charge is 0.414 e. The van der Waals surface area contributed by atoms with Crippen LogP contribution >= 0.6 is 0 Å². The third-order valence-electron chi connectivity index (χ3n) is 3.90. The summed E-state index contributed by atoms with van der Waals surface area (Å²) < 4.78 is 7.83. The fraction of sp³-hybridized carbons (Fsp3) is 0.533. The van der Waals surface area contributed by atoms with Gasteiger partial charge in [-0.15, -0.1) is 6.58 Å². The Morgan fingerprint density at radius 2 is 2.05 bits per heavy atom. The minimum atomic E-state index is -1.80. The van der Waals surface area contributed by atoms with E-state index in [9.17, 15) is 4.79 Å². The summed E-state index contributed by atoms with van der Waals surface area (Å²) in [4.78, 5) is 11.8. The molecule has 19 heavy (non-hydrogen) atoms. The molecule has 1 aromatic rings. The van der Waals surface area contributed by atoms with E-state index < -0.39 is 8.32 Å². The van der Waals surface area contributed by atoms with Crippen molar-refractivity contribution in [2.75, 3.05) is 6.61 Å². The lowest BCUT2D eigenvalue weighted by Crippen LogP contribution is -2.42. The van der Waals surface area contributed by atoms with Crippen LogP contribution in [0.3, 0.4) is 0 Å². The molecular formula is C15H25NO2Si. The summed E-state index contributed by atoms with van der Waals surface area (Å²) in [7, 11) is -1.80. The summed E-state index contributed by atoms with van der Waals surface area (Å²) in [6, 6.07) is 5.05. The molecule has 1 heterocycles. The van der Waals surface area contributed by atoms with Crippen LogP contribution in [0.2, 0.25) is 18.1 Å². The van der Waals surface area contributed by atoms with Gasteiger partial charge in [0.15, 0.2) is 8.32 Å². The Kier molecular flexibility index (Phi) is 4.93. The van der Waals surface area contributed by atoms with Crippen molar-refractivity contribution in [2.45, 2.75) is 44.9 Å². The van der Waals surface area contributed by atoms with Crippen LogP contribution in [0.25, 0.3) is 0 Å². The zero-order valence-corrected chi connectivity index (χ0v) is 13.6. The molecule has 0 unspecified atom stereocenters. The minimum Gasteiger partial charge on any atom is -0.414 e. The van der Waals surface area contributed by atoms with E-state index in [1.807, 2.05) is 6.07 Å². The Morgan fingerprint density at radius 3 is 2.53 bits per heavy atom. The Labute approximate surface area is 117 Å². The highest BCUT2D eigenvalue weighted by atomic mass is 28.4. The third kappa shape index (κ3) is 3.91. The summed E-state index contributed by atoms with van der Waals surface area (Å²) in [5, 5.41) is 0.167. The minimum absolute atomic E-state index is 0.0220. The van der Waals surface area contributed by atoms with E-state index in [4.69, 9.17) is 4.43 Å². The third-order valence-corrected chi connectivity index (χ3v) is 8.40. The summed E-state index contributed by atoms with van der Waals surface area (Å²) in [5.74, 6) is 0. The van der Waals surface area contributed by atoms with Crippen molar-refractivity contribution >= 4 is 8.32 Å². The molecule has 0 saturated heterocycles. The quantitative estimate of drug-likeness (QED) is 0.609. The topological polar surface area (TPSA) is 31.2 Å². The van der Waals surface area contributed by atoms with Gasteiger partial charge in [-0.05, 0) is 24.2 Å². The van der Waals surface area contributed by atoms with E-state index in [0.29, 0.717) is 6.61 Å². The van der Waals surface area contributed by atoms with E-state index in [0.717, 1.165) is 0 Å². The van der Waals surface area contributed by atoms with Crippen LogP contribution in [0, 0.1) is 0 Å². The molecule has 0 aliphatic heterocycles. The number of rotatable bonds is 5.